The molecule has 0 radical (unpaired) electrons. The van der Waals surface area contributed by atoms with E-state index in [1.54, 1.807) is 12.1 Å². The van der Waals surface area contributed by atoms with Crippen molar-refractivity contribution in [1.29, 1.82) is 0 Å². The summed E-state index contributed by atoms with van der Waals surface area (Å²) in [6, 6.07) is 14.0. The van der Waals surface area contributed by atoms with Crippen LogP contribution in [0.3, 0.4) is 0 Å². The molecule has 156 valence electrons. The van der Waals surface area contributed by atoms with Gasteiger partial charge >= 0.3 is 0 Å². The van der Waals surface area contributed by atoms with Gasteiger partial charge in [-0.05, 0) is 60.7 Å². The number of methoxy groups -OCH3 is 1. The number of anilines is 2. The Balaban J connectivity index is 1.91. The molecule has 0 aliphatic rings. The average molecular weight is 514 g/mol. The normalized spacial score (nSPS) is 11.1. The lowest BCUT2D eigenvalue weighted by Gasteiger charge is -2.14. The number of carbonyl (C=O) groups is 1. The number of rotatable bonds is 6. The van der Waals surface area contributed by atoms with E-state index in [4.69, 9.17) is 16.3 Å². The average Bonchev–Trinajstić information content (AvgIpc) is 2.70. The molecule has 0 heterocycles. The highest BCUT2D eigenvalue weighted by molar-refractivity contribution is 9.10. The third-order valence-electron chi connectivity index (χ3n) is 4.01. The smallest absolute Gasteiger partial charge is 0.262 e. The second-order valence-corrected chi connectivity index (χ2v) is 9.09. The van der Waals surface area contributed by atoms with Gasteiger partial charge in [0.05, 0.1) is 23.4 Å². The number of carbonyl (C=O) groups excluding carboxylic acids is 1. The summed E-state index contributed by atoms with van der Waals surface area (Å²) in [5.74, 6) is -0.963. The molecule has 0 aliphatic carbocycles. The molecule has 0 spiro atoms. The van der Waals surface area contributed by atoms with E-state index in [-0.39, 0.29) is 22.0 Å². The summed E-state index contributed by atoms with van der Waals surface area (Å²) in [6.45, 7) is 0. The molecule has 2 N–H and O–H groups in total. The highest BCUT2D eigenvalue weighted by Crippen LogP contribution is 2.30. The maximum Gasteiger partial charge on any atom is 0.262 e. The van der Waals surface area contributed by atoms with Crippen LogP contribution < -0.4 is 14.8 Å². The Kier molecular flexibility index (Phi) is 6.64. The van der Waals surface area contributed by atoms with Crippen LogP contribution in [-0.4, -0.2) is 21.4 Å². The molecule has 0 bridgehead atoms. The van der Waals surface area contributed by atoms with Crippen LogP contribution in [0.15, 0.2) is 70.0 Å². The molecule has 0 saturated heterocycles. The fraction of sp³-hybridized carbons (Fsp3) is 0.0500. The fourth-order valence-corrected chi connectivity index (χ4v) is 4.08. The van der Waals surface area contributed by atoms with Crippen molar-refractivity contribution in [2.45, 2.75) is 4.90 Å². The molecule has 0 atom stereocenters. The lowest BCUT2D eigenvalue weighted by atomic mass is 10.2. The second-order valence-electron chi connectivity index (χ2n) is 6.05. The maximum atomic E-state index is 14.0. The Bertz CT molecular complexity index is 1200. The number of sulfonamides is 1. The van der Waals surface area contributed by atoms with E-state index < -0.39 is 21.7 Å². The monoisotopic (exact) mass is 512 g/mol. The van der Waals surface area contributed by atoms with E-state index in [9.17, 15) is 17.6 Å². The van der Waals surface area contributed by atoms with Gasteiger partial charge in [-0.15, -0.1) is 0 Å². The van der Waals surface area contributed by atoms with E-state index in [2.05, 4.69) is 26.0 Å². The molecule has 0 unspecified atom stereocenters. The van der Waals surface area contributed by atoms with Crippen LogP contribution in [0.2, 0.25) is 5.02 Å². The molecule has 0 aliphatic heterocycles. The van der Waals surface area contributed by atoms with Gasteiger partial charge in [-0.1, -0.05) is 27.5 Å². The minimum atomic E-state index is -4.13. The maximum absolute atomic E-state index is 14.0. The molecule has 3 aromatic carbocycles. The lowest BCUT2D eigenvalue weighted by molar-refractivity contribution is 0.102. The molecule has 0 aromatic heterocycles. The quantitative estimate of drug-likeness (QED) is 0.468. The highest BCUT2D eigenvalue weighted by Gasteiger charge is 2.20. The van der Waals surface area contributed by atoms with E-state index in [0.29, 0.717) is 15.1 Å². The number of benzene rings is 3. The Morgan fingerprint density at radius 2 is 1.73 bits per heavy atom. The van der Waals surface area contributed by atoms with Crippen molar-refractivity contribution in [3.05, 3.63) is 81.5 Å². The molecule has 30 heavy (non-hydrogen) atoms. The summed E-state index contributed by atoms with van der Waals surface area (Å²) in [6.07, 6.45) is 0. The van der Waals surface area contributed by atoms with Gasteiger partial charge in [0.1, 0.15) is 11.6 Å². The zero-order valence-electron chi connectivity index (χ0n) is 15.4. The molecular weight excluding hydrogens is 499 g/mol. The molecule has 3 rings (SSSR count). The standard InChI is InChI=1S/C20H15BrClFN2O4S/c1-29-19-9-7-15(30(27,28)25-17-8-4-13(21)10-16(17)23)11-18(19)24-20(26)12-2-5-14(22)6-3-12/h2-11,25H,1H3,(H,24,26). The molecule has 6 nitrogen and oxygen atoms in total. The van der Waals surface area contributed by atoms with Crippen LogP contribution in [0.5, 0.6) is 5.75 Å². The van der Waals surface area contributed by atoms with Gasteiger partial charge in [-0.25, -0.2) is 12.8 Å². The zero-order valence-corrected chi connectivity index (χ0v) is 18.6. The fourth-order valence-electron chi connectivity index (χ4n) is 2.52. The van der Waals surface area contributed by atoms with Gasteiger partial charge in [0.2, 0.25) is 0 Å². The van der Waals surface area contributed by atoms with Crippen molar-refractivity contribution in [2.24, 2.45) is 0 Å². The van der Waals surface area contributed by atoms with Gasteiger partial charge in [0.15, 0.2) is 0 Å². The predicted octanol–water partition coefficient (Wildman–Crippen LogP) is 5.30. The lowest BCUT2D eigenvalue weighted by Crippen LogP contribution is -2.16. The Morgan fingerprint density at radius 1 is 1.03 bits per heavy atom. The first-order chi connectivity index (χ1) is 14.2. The SMILES string of the molecule is COc1ccc(S(=O)(=O)Nc2ccc(Br)cc2F)cc1NC(=O)c1ccc(Cl)cc1. The second kappa shape index (κ2) is 9.03. The van der Waals surface area contributed by atoms with E-state index in [0.717, 1.165) is 6.07 Å². The van der Waals surface area contributed by atoms with Crippen molar-refractivity contribution in [3.63, 3.8) is 0 Å². The number of amides is 1. The Labute approximate surface area is 186 Å². The van der Waals surface area contributed by atoms with E-state index in [1.807, 2.05) is 0 Å². The number of halogens is 3. The van der Waals surface area contributed by atoms with Gasteiger partial charge in [0, 0.05) is 15.1 Å². The summed E-state index contributed by atoms with van der Waals surface area (Å²) in [4.78, 5) is 12.3. The summed E-state index contributed by atoms with van der Waals surface area (Å²) in [5, 5.41) is 3.09. The van der Waals surface area contributed by atoms with Crippen molar-refractivity contribution in [1.82, 2.24) is 0 Å². The van der Waals surface area contributed by atoms with Gasteiger partial charge in [0.25, 0.3) is 15.9 Å². The van der Waals surface area contributed by atoms with Crippen molar-refractivity contribution in [3.8, 4) is 5.75 Å². The van der Waals surface area contributed by atoms with Crippen molar-refractivity contribution < 1.29 is 22.3 Å². The minimum absolute atomic E-state index is 0.136. The van der Waals surface area contributed by atoms with Crippen molar-refractivity contribution >= 4 is 54.8 Å². The topological polar surface area (TPSA) is 84.5 Å². The summed E-state index contributed by atoms with van der Waals surface area (Å²) in [7, 11) is -2.75. The van der Waals surface area contributed by atoms with Crippen LogP contribution in [0.1, 0.15) is 10.4 Å². The van der Waals surface area contributed by atoms with Gasteiger partial charge < -0.3 is 10.1 Å². The Morgan fingerprint density at radius 3 is 2.37 bits per heavy atom. The minimum Gasteiger partial charge on any atom is -0.495 e. The molecule has 0 saturated carbocycles. The first-order valence-electron chi connectivity index (χ1n) is 8.42. The van der Waals surface area contributed by atoms with Crippen LogP contribution >= 0.6 is 27.5 Å². The highest BCUT2D eigenvalue weighted by atomic mass is 79.9. The van der Waals surface area contributed by atoms with Crippen LogP contribution in [0, 0.1) is 5.82 Å². The first kappa shape index (κ1) is 22.1. The molecule has 3 aromatic rings. The van der Waals surface area contributed by atoms with Crippen LogP contribution in [0.4, 0.5) is 15.8 Å². The van der Waals surface area contributed by atoms with E-state index in [1.165, 1.54) is 49.6 Å². The third kappa shape index (κ3) is 5.10. The van der Waals surface area contributed by atoms with Crippen LogP contribution in [0.25, 0.3) is 0 Å². The van der Waals surface area contributed by atoms with Crippen molar-refractivity contribution in [2.75, 3.05) is 17.1 Å². The zero-order chi connectivity index (χ0) is 21.9. The molecular formula is C20H15BrClFN2O4S. The number of hydrogen-bond donors (Lipinski definition) is 2. The molecule has 10 heteroatoms. The Hall–Kier alpha value is -2.62. The summed E-state index contributed by atoms with van der Waals surface area (Å²) >= 11 is 8.94. The largest absolute Gasteiger partial charge is 0.495 e. The third-order valence-corrected chi connectivity index (χ3v) is 6.12. The molecule has 0 fully saturated rings. The van der Waals surface area contributed by atoms with Gasteiger partial charge in [-0.3, -0.25) is 9.52 Å². The summed E-state index contributed by atoms with van der Waals surface area (Å²) in [5.41, 5.74) is 0.252. The first-order valence-corrected chi connectivity index (χ1v) is 11.1. The van der Waals surface area contributed by atoms with Crippen LogP contribution in [-0.2, 0) is 10.0 Å². The van der Waals surface area contributed by atoms with E-state index >= 15 is 0 Å². The summed E-state index contributed by atoms with van der Waals surface area (Å²) < 4.78 is 47.4. The number of ether oxygens (including phenoxy) is 1. The predicted molar refractivity (Wildman–Crippen MR) is 117 cm³/mol. The van der Waals surface area contributed by atoms with Gasteiger partial charge in [-0.2, -0.15) is 0 Å². The number of hydrogen-bond acceptors (Lipinski definition) is 4. The number of nitrogens with one attached hydrogen (secondary N) is 2. The molecule has 1 amide bonds.